The zero-order valence-electron chi connectivity index (χ0n) is 9.11. The van der Waals surface area contributed by atoms with Crippen molar-refractivity contribution in [2.45, 2.75) is 18.4 Å². The number of aliphatic hydroxyl groups is 1. The monoisotopic (exact) mass is 238 g/mol. The van der Waals surface area contributed by atoms with Crippen LogP contribution in [0.3, 0.4) is 0 Å². The number of aromatic nitrogens is 2. The molecule has 1 aliphatic rings. The molecule has 17 heavy (non-hydrogen) atoms. The third kappa shape index (κ3) is 1.95. The number of ether oxygens (including phenoxy) is 1. The van der Waals surface area contributed by atoms with Crippen molar-refractivity contribution < 1.29 is 9.84 Å². The van der Waals surface area contributed by atoms with Gasteiger partial charge in [0.2, 0.25) is 0 Å². The molecule has 7 heteroatoms. The molecule has 1 aromatic heterocycles. The van der Waals surface area contributed by atoms with Crippen LogP contribution >= 0.6 is 0 Å². The Labute approximate surface area is 97.3 Å². The molecule has 0 aromatic carbocycles. The van der Waals surface area contributed by atoms with Crippen molar-refractivity contribution in [3.8, 4) is 0 Å². The van der Waals surface area contributed by atoms with Gasteiger partial charge in [0.25, 0.3) is 0 Å². The number of nitrogens with two attached hydrogens (primary N) is 2. The second-order valence-corrected chi connectivity index (χ2v) is 3.85. The van der Waals surface area contributed by atoms with Crippen LogP contribution in [0.5, 0.6) is 0 Å². The molecule has 1 saturated heterocycles. The lowest BCUT2D eigenvalue weighted by Gasteiger charge is -2.14. The maximum atomic E-state index is 11.6. The quantitative estimate of drug-likeness (QED) is 0.545. The Morgan fingerprint density at radius 1 is 1.65 bits per heavy atom. The molecule has 1 aliphatic heterocycles. The Balaban J connectivity index is 2.35. The number of hydrogen-bond donors (Lipinski definition) is 3. The summed E-state index contributed by atoms with van der Waals surface area (Å²) in [5, 5.41) is 9.06. The lowest BCUT2D eigenvalue weighted by atomic mass is 10.1. The van der Waals surface area contributed by atoms with E-state index in [0.717, 1.165) is 0 Å². The predicted molar refractivity (Wildman–Crippen MR) is 61.0 cm³/mol. The van der Waals surface area contributed by atoms with Crippen molar-refractivity contribution in [1.29, 1.82) is 0 Å². The van der Waals surface area contributed by atoms with E-state index in [-0.39, 0.29) is 12.4 Å². The van der Waals surface area contributed by atoms with Crippen LogP contribution in [-0.4, -0.2) is 33.4 Å². The largest absolute Gasteiger partial charge is 0.394 e. The van der Waals surface area contributed by atoms with Crippen LogP contribution in [0.1, 0.15) is 6.23 Å². The summed E-state index contributed by atoms with van der Waals surface area (Å²) in [6.45, 7) is 3.55. The lowest BCUT2D eigenvalue weighted by molar-refractivity contribution is -0.0204. The van der Waals surface area contributed by atoms with Gasteiger partial charge in [-0.1, -0.05) is 6.58 Å². The van der Waals surface area contributed by atoms with E-state index in [1.165, 1.54) is 16.8 Å². The molecular weight excluding hydrogens is 224 g/mol. The average Bonchev–Trinajstić information content (AvgIpc) is 2.57. The smallest absolute Gasteiger partial charge is 0.351 e. The Bertz CT molecular complexity index is 499. The first-order valence-corrected chi connectivity index (χ1v) is 5.10. The van der Waals surface area contributed by atoms with Gasteiger partial charge >= 0.3 is 5.69 Å². The summed E-state index contributed by atoms with van der Waals surface area (Å²) in [6.07, 6.45) is 0.201. The van der Waals surface area contributed by atoms with Crippen LogP contribution in [0.4, 0.5) is 5.82 Å². The molecule has 5 N–H and O–H groups in total. The second-order valence-electron chi connectivity index (χ2n) is 3.85. The van der Waals surface area contributed by atoms with Crippen LogP contribution in [0.15, 0.2) is 29.2 Å². The van der Waals surface area contributed by atoms with Gasteiger partial charge in [0.1, 0.15) is 11.9 Å². The van der Waals surface area contributed by atoms with Crippen molar-refractivity contribution >= 4 is 5.82 Å². The average molecular weight is 238 g/mol. The van der Waals surface area contributed by atoms with Gasteiger partial charge in [0.15, 0.2) is 6.23 Å². The summed E-state index contributed by atoms with van der Waals surface area (Å²) in [5.41, 5.74) is 11.2. The molecule has 2 rings (SSSR count). The maximum Gasteiger partial charge on any atom is 0.351 e. The van der Waals surface area contributed by atoms with Gasteiger partial charge < -0.3 is 21.3 Å². The first-order valence-electron chi connectivity index (χ1n) is 5.10. The highest BCUT2D eigenvalue weighted by molar-refractivity contribution is 5.25. The number of nitrogens with zero attached hydrogens (tertiary/aromatic N) is 2. The highest BCUT2D eigenvalue weighted by atomic mass is 16.5. The molecule has 0 amide bonds. The molecule has 0 saturated carbocycles. The summed E-state index contributed by atoms with van der Waals surface area (Å²) in [6, 6.07) is 0.977. The second kappa shape index (κ2) is 4.28. The van der Waals surface area contributed by atoms with Gasteiger partial charge in [-0.2, -0.15) is 4.98 Å². The molecule has 3 atom stereocenters. The number of rotatable bonds is 2. The topological polar surface area (TPSA) is 116 Å². The van der Waals surface area contributed by atoms with Crippen LogP contribution < -0.4 is 17.2 Å². The molecule has 0 spiro atoms. The maximum absolute atomic E-state index is 11.6. The predicted octanol–water partition coefficient (Wildman–Crippen LogP) is -1.40. The molecule has 0 unspecified atom stereocenters. The molecular formula is C10H14N4O3. The van der Waals surface area contributed by atoms with E-state index in [0.29, 0.717) is 5.57 Å². The normalized spacial score (nSPS) is 28.6. The third-order valence-corrected chi connectivity index (χ3v) is 2.73. The molecule has 0 radical (unpaired) electrons. The molecule has 1 aromatic rings. The summed E-state index contributed by atoms with van der Waals surface area (Å²) in [5.74, 6) is 0.137. The fourth-order valence-corrected chi connectivity index (χ4v) is 1.75. The van der Waals surface area contributed by atoms with Gasteiger partial charge in [-0.25, -0.2) is 4.79 Å². The van der Waals surface area contributed by atoms with E-state index < -0.39 is 24.1 Å². The van der Waals surface area contributed by atoms with Crippen molar-refractivity contribution in [2.24, 2.45) is 5.73 Å². The minimum atomic E-state index is -0.706. The Hall–Kier alpha value is -1.70. The number of anilines is 1. The zero-order valence-corrected chi connectivity index (χ0v) is 9.11. The first-order chi connectivity index (χ1) is 8.04. The summed E-state index contributed by atoms with van der Waals surface area (Å²) >= 11 is 0. The number of aliphatic hydroxyl groups excluding tert-OH is 1. The van der Waals surface area contributed by atoms with E-state index >= 15 is 0 Å². The van der Waals surface area contributed by atoms with Crippen LogP contribution in [0, 0.1) is 0 Å². The summed E-state index contributed by atoms with van der Waals surface area (Å²) in [7, 11) is 0. The minimum Gasteiger partial charge on any atom is -0.394 e. The summed E-state index contributed by atoms with van der Waals surface area (Å²) in [4.78, 5) is 15.2. The van der Waals surface area contributed by atoms with E-state index in [1.807, 2.05) is 0 Å². The van der Waals surface area contributed by atoms with Gasteiger partial charge in [0.05, 0.1) is 12.6 Å². The lowest BCUT2D eigenvalue weighted by Crippen LogP contribution is -2.33. The van der Waals surface area contributed by atoms with Crippen molar-refractivity contribution in [1.82, 2.24) is 9.55 Å². The Morgan fingerprint density at radius 3 is 2.88 bits per heavy atom. The Kier molecular flexibility index (Phi) is 2.97. The highest BCUT2D eigenvalue weighted by Gasteiger charge is 2.37. The zero-order chi connectivity index (χ0) is 12.6. The van der Waals surface area contributed by atoms with Gasteiger partial charge in [-0.3, -0.25) is 4.57 Å². The van der Waals surface area contributed by atoms with Crippen LogP contribution in [0.25, 0.3) is 0 Å². The molecule has 0 aliphatic carbocycles. The highest BCUT2D eigenvalue weighted by Crippen LogP contribution is 2.30. The fourth-order valence-electron chi connectivity index (χ4n) is 1.75. The molecule has 0 bridgehead atoms. The van der Waals surface area contributed by atoms with Crippen molar-refractivity contribution in [3.05, 3.63) is 34.9 Å². The number of nitrogen functional groups attached to an aromatic ring is 1. The Morgan fingerprint density at radius 2 is 2.35 bits per heavy atom. The first kappa shape index (κ1) is 11.8. The van der Waals surface area contributed by atoms with E-state index in [2.05, 4.69) is 11.6 Å². The van der Waals surface area contributed by atoms with Crippen LogP contribution in [0.2, 0.25) is 0 Å². The molecule has 1 fully saturated rings. The van der Waals surface area contributed by atoms with Crippen molar-refractivity contribution in [2.75, 3.05) is 12.3 Å². The summed E-state index contributed by atoms with van der Waals surface area (Å²) < 4.78 is 6.69. The standard InChI is InChI=1S/C10H14N4O3/c1-5-8(12)6(4-15)17-9(5)14-3-2-7(11)13-10(14)16/h2-3,6,8-9,15H,1,4,12H2,(H2,11,13,16)/t6-,8+,9-/m1/s1. The minimum absolute atomic E-state index is 0.137. The van der Waals surface area contributed by atoms with Gasteiger partial charge in [0, 0.05) is 6.20 Å². The third-order valence-electron chi connectivity index (χ3n) is 2.73. The van der Waals surface area contributed by atoms with E-state index in [4.69, 9.17) is 21.3 Å². The van der Waals surface area contributed by atoms with Crippen molar-refractivity contribution in [3.63, 3.8) is 0 Å². The molecule has 7 nitrogen and oxygen atoms in total. The molecule has 92 valence electrons. The molecule has 2 heterocycles. The number of hydrogen-bond acceptors (Lipinski definition) is 6. The van der Waals surface area contributed by atoms with E-state index in [9.17, 15) is 4.79 Å². The SMILES string of the molecule is C=C1[C@H](n2ccc(N)nc2=O)O[C@H](CO)[C@H]1N. The van der Waals surface area contributed by atoms with Crippen LogP contribution in [-0.2, 0) is 4.74 Å². The van der Waals surface area contributed by atoms with E-state index in [1.54, 1.807) is 0 Å². The van der Waals surface area contributed by atoms with Gasteiger partial charge in [-0.15, -0.1) is 0 Å². The fraction of sp³-hybridized carbons (Fsp3) is 0.400. The van der Waals surface area contributed by atoms with Gasteiger partial charge in [-0.05, 0) is 11.6 Å².